The van der Waals surface area contributed by atoms with Crippen molar-refractivity contribution in [2.24, 2.45) is 0 Å². The Bertz CT molecular complexity index is 388. The van der Waals surface area contributed by atoms with Crippen LogP contribution in [-0.4, -0.2) is 35.2 Å². The second kappa shape index (κ2) is 4.94. The molecule has 18 heavy (non-hydrogen) atoms. The van der Waals surface area contributed by atoms with Gasteiger partial charge >= 0.3 is 0 Å². The molecule has 0 amide bonds. The molecule has 1 aliphatic heterocycles. The third-order valence-corrected chi connectivity index (χ3v) is 3.37. The molecule has 1 saturated heterocycles. The van der Waals surface area contributed by atoms with Crippen molar-refractivity contribution in [2.75, 3.05) is 19.6 Å². The summed E-state index contributed by atoms with van der Waals surface area (Å²) in [7, 11) is 0. The van der Waals surface area contributed by atoms with Crippen LogP contribution in [0.25, 0.3) is 0 Å². The molecule has 1 aromatic rings. The normalized spacial score (nSPS) is 19.6. The average molecular weight is 255 g/mol. The van der Waals surface area contributed by atoms with E-state index in [9.17, 15) is 13.9 Å². The van der Waals surface area contributed by atoms with Gasteiger partial charge in [-0.15, -0.1) is 0 Å². The second-order valence-corrected chi connectivity index (χ2v) is 5.19. The zero-order valence-corrected chi connectivity index (χ0v) is 10.6. The molecule has 1 heterocycles. The lowest BCUT2D eigenvalue weighted by Gasteiger charge is -2.47. The molecule has 2 rings (SSSR count). The molecule has 1 fully saturated rings. The predicted molar refractivity (Wildman–Crippen MR) is 66.6 cm³/mol. The number of alkyl halides is 2. The lowest BCUT2D eigenvalue weighted by molar-refractivity contribution is -0.140. The van der Waals surface area contributed by atoms with E-state index in [4.69, 9.17) is 0 Å². The lowest BCUT2D eigenvalue weighted by atomic mass is 9.88. The molecule has 0 aliphatic carbocycles. The van der Waals surface area contributed by atoms with E-state index in [-0.39, 0.29) is 12.1 Å². The zero-order chi connectivity index (χ0) is 13.2. The van der Waals surface area contributed by atoms with Gasteiger partial charge in [0.25, 0.3) is 5.92 Å². The van der Waals surface area contributed by atoms with Crippen molar-refractivity contribution in [1.82, 2.24) is 4.90 Å². The number of hydrogen-bond acceptors (Lipinski definition) is 2. The first kappa shape index (κ1) is 13.4. The van der Waals surface area contributed by atoms with Crippen molar-refractivity contribution in [3.05, 3.63) is 35.9 Å². The van der Waals surface area contributed by atoms with Crippen LogP contribution in [0.5, 0.6) is 0 Å². The molecule has 0 atom stereocenters. The van der Waals surface area contributed by atoms with Crippen LogP contribution in [-0.2, 0) is 5.92 Å². The first-order chi connectivity index (χ1) is 8.45. The lowest BCUT2D eigenvalue weighted by Crippen LogP contribution is -2.63. The Morgan fingerprint density at radius 3 is 2.44 bits per heavy atom. The van der Waals surface area contributed by atoms with Gasteiger partial charge in [0.2, 0.25) is 0 Å². The summed E-state index contributed by atoms with van der Waals surface area (Å²) >= 11 is 0. The van der Waals surface area contributed by atoms with E-state index in [1.807, 2.05) is 6.92 Å². The van der Waals surface area contributed by atoms with Crippen LogP contribution >= 0.6 is 0 Å². The number of aliphatic hydroxyl groups is 1. The van der Waals surface area contributed by atoms with Gasteiger partial charge in [0, 0.05) is 18.7 Å². The summed E-state index contributed by atoms with van der Waals surface area (Å²) in [5.74, 6) is -2.85. The molecule has 4 heteroatoms. The number of rotatable bonds is 5. The molecular weight excluding hydrogens is 236 g/mol. The van der Waals surface area contributed by atoms with Gasteiger partial charge in [-0.1, -0.05) is 43.7 Å². The van der Waals surface area contributed by atoms with Crippen molar-refractivity contribution in [2.45, 2.75) is 31.3 Å². The van der Waals surface area contributed by atoms with Crippen molar-refractivity contribution in [1.29, 1.82) is 0 Å². The molecule has 0 radical (unpaired) electrons. The smallest absolute Gasteiger partial charge is 0.285 e. The van der Waals surface area contributed by atoms with Gasteiger partial charge < -0.3 is 5.11 Å². The Balaban J connectivity index is 1.92. The average Bonchev–Trinajstić information content (AvgIpc) is 2.28. The minimum absolute atomic E-state index is 0.0379. The van der Waals surface area contributed by atoms with E-state index in [2.05, 4.69) is 0 Å². The topological polar surface area (TPSA) is 23.5 Å². The number of nitrogens with zero attached hydrogens (tertiary/aromatic N) is 1. The molecule has 1 aliphatic rings. The molecule has 1 aromatic carbocycles. The van der Waals surface area contributed by atoms with Gasteiger partial charge in [0.1, 0.15) is 0 Å². The Kier molecular flexibility index (Phi) is 3.69. The first-order valence-electron chi connectivity index (χ1n) is 6.33. The zero-order valence-electron chi connectivity index (χ0n) is 10.6. The van der Waals surface area contributed by atoms with E-state index in [0.717, 1.165) is 6.42 Å². The van der Waals surface area contributed by atoms with Crippen molar-refractivity contribution < 1.29 is 13.9 Å². The Morgan fingerprint density at radius 1 is 1.28 bits per heavy atom. The van der Waals surface area contributed by atoms with E-state index in [0.29, 0.717) is 19.5 Å². The maximum Gasteiger partial charge on any atom is 0.285 e. The standard InChI is InChI=1S/C14H19F2NO/c1-2-8-13(18)9-17(10-13)11-14(15,16)12-6-4-3-5-7-12/h3-7,18H,2,8-11H2,1H3. The summed E-state index contributed by atoms with van der Waals surface area (Å²) in [4.78, 5) is 1.61. The molecule has 100 valence electrons. The third-order valence-electron chi connectivity index (χ3n) is 3.37. The monoisotopic (exact) mass is 255 g/mol. The molecule has 0 bridgehead atoms. The summed E-state index contributed by atoms with van der Waals surface area (Å²) in [5.41, 5.74) is -0.711. The van der Waals surface area contributed by atoms with Crippen LogP contribution < -0.4 is 0 Å². The van der Waals surface area contributed by atoms with Crippen molar-refractivity contribution in [3.63, 3.8) is 0 Å². The molecule has 1 N–H and O–H groups in total. The summed E-state index contributed by atoms with van der Waals surface area (Å²) in [5, 5.41) is 9.96. The number of likely N-dealkylation sites (tertiary alicyclic amines) is 1. The first-order valence-corrected chi connectivity index (χ1v) is 6.33. The Morgan fingerprint density at radius 2 is 1.89 bits per heavy atom. The number of hydrogen-bond donors (Lipinski definition) is 1. The number of halogens is 2. The van der Waals surface area contributed by atoms with Crippen LogP contribution in [0.3, 0.4) is 0 Å². The maximum absolute atomic E-state index is 13.9. The summed E-state index contributed by atoms with van der Waals surface area (Å²) < 4.78 is 27.9. The SMILES string of the molecule is CCCC1(O)CN(CC(F)(F)c2ccccc2)C1. The highest BCUT2D eigenvalue weighted by Crippen LogP contribution is 2.33. The second-order valence-electron chi connectivity index (χ2n) is 5.19. The van der Waals surface area contributed by atoms with Gasteiger partial charge in [-0.2, -0.15) is 8.78 Å². The minimum atomic E-state index is -2.85. The predicted octanol–water partition coefficient (Wildman–Crippen LogP) is 2.63. The summed E-state index contributed by atoms with van der Waals surface area (Å²) in [6.07, 6.45) is 1.56. The van der Waals surface area contributed by atoms with Crippen LogP contribution in [0.1, 0.15) is 25.3 Å². The third kappa shape index (κ3) is 2.87. The Labute approximate surface area is 106 Å². The number of benzene rings is 1. The minimum Gasteiger partial charge on any atom is -0.387 e. The van der Waals surface area contributed by atoms with Gasteiger partial charge in [0.15, 0.2) is 0 Å². The van der Waals surface area contributed by atoms with E-state index >= 15 is 0 Å². The van der Waals surface area contributed by atoms with Gasteiger partial charge in [0.05, 0.1) is 12.1 Å². The summed E-state index contributed by atoms with van der Waals surface area (Å²) in [6, 6.07) is 7.85. The highest BCUT2D eigenvalue weighted by Gasteiger charge is 2.45. The highest BCUT2D eigenvalue weighted by atomic mass is 19.3. The van der Waals surface area contributed by atoms with Gasteiger partial charge in [-0.25, -0.2) is 0 Å². The fourth-order valence-corrected chi connectivity index (χ4v) is 2.58. The number of β-amino-alcohol motifs (C(OH)–C–C–N with tert-alkyl or cyclic N) is 1. The van der Waals surface area contributed by atoms with Crippen molar-refractivity contribution in [3.8, 4) is 0 Å². The van der Waals surface area contributed by atoms with Crippen LogP contribution in [0.15, 0.2) is 30.3 Å². The molecule has 0 unspecified atom stereocenters. The van der Waals surface area contributed by atoms with E-state index < -0.39 is 11.5 Å². The molecule has 0 saturated carbocycles. The maximum atomic E-state index is 13.9. The van der Waals surface area contributed by atoms with Crippen molar-refractivity contribution >= 4 is 0 Å². The van der Waals surface area contributed by atoms with Crippen LogP contribution in [0.2, 0.25) is 0 Å². The fourth-order valence-electron chi connectivity index (χ4n) is 2.58. The van der Waals surface area contributed by atoms with Gasteiger partial charge in [-0.3, -0.25) is 4.90 Å². The van der Waals surface area contributed by atoms with Gasteiger partial charge in [-0.05, 0) is 6.42 Å². The van der Waals surface area contributed by atoms with Crippen LogP contribution in [0.4, 0.5) is 8.78 Å². The highest BCUT2D eigenvalue weighted by molar-refractivity contribution is 5.20. The van der Waals surface area contributed by atoms with E-state index in [1.165, 1.54) is 12.1 Å². The van der Waals surface area contributed by atoms with E-state index in [1.54, 1.807) is 23.1 Å². The molecule has 2 nitrogen and oxygen atoms in total. The fraction of sp³-hybridized carbons (Fsp3) is 0.571. The Hall–Kier alpha value is -1.00. The molecule has 0 spiro atoms. The quantitative estimate of drug-likeness (QED) is 0.874. The summed E-state index contributed by atoms with van der Waals surface area (Å²) in [6.45, 7) is 2.37. The largest absolute Gasteiger partial charge is 0.387 e. The molecule has 0 aromatic heterocycles. The molecular formula is C14H19F2NO. The van der Waals surface area contributed by atoms with Crippen LogP contribution in [0, 0.1) is 0 Å².